The second kappa shape index (κ2) is 13.2. The molecule has 2 amide bonds. The first-order valence-electron chi connectivity index (χ1n) is 11.1. The molecule has 0 aliphatic rings. The normalized spacial score (nSPS) is 12.2. The van der Waals surface area contributed by atoms with Crippen molar-refractivity contribution in [3.63, 3.8) is 0 Å². The van der Waals surface area contributed by atoms with Crippen LogP contribution in [0.5, 0.6) is 0 Å². The van der Waals surface area contributed by atoms with E-state index in [0.717, 1.165) is 16.7 Å². The number of rotatable bonds is 10. The molecule has 0 spiro atoms. The largest absolute Gasteiger partial charge is 0.467 e. The third-order valence-electron chi connectivity index (χ3n) is 5.24. The van der Waals surface area contributed by atoms with Gasteiger partial charge in [0.1, 0.15) is 18.7 Å². The van der Waals surface area contributed by atoms with Crippen molar-refractivity contribution in [2.75, 3.05) is 7.11 Å². The number of amides is 2. The zero-order chi connectivity index (χ0) is 25.0. The van der Waals surface area contributed by atoms with Crippen LogP contribution in [0.25, 0.3) is 0 Å². The fraction of sp³-hybridized carbons (Fsp3) is 0.222. The van der Waals surface area contributed by atoms with Crippen molar-refractivity contribution in [3.8, 4) is 0 Å². The number of methoxy groups -OCH3 is 1. The van der Waals surface area contributed by atoms with E-state index in [1.165, 1.54) is 7.11 Å². The van der Waals surface area contributed by atoms with Crippen molar-refractivity contribution in [1.82, 2.24) is 10.6 Å². The third kappa shape index (κ3) is 8.46. The molecule has 0 aromatic heterocycles. The van der Waals surface area contributed by atoms with Gasteiger partial charge in [0, 0.05) is 17.9 Å². The fourth-order valence-corrected chi connectivity index (χ4v) is 3.69. The summed E-state index contributed by atoms with van der Waals surface area (Å²) < 4.78 is 10.2. The number of carbonyl (C=O) groups excluding carboxylic acids is 3. The van der Waals surface area contributed by atoms with E-state index in [4.69, 9.17) is 21.1 Å². The van der Waals surface area contributed by atoms with Crippen LogP contribution in [-0.2, 0) is 38.5 Å². The zero-order valence-electron chi connectivity index (χ0n) is 19.3. The van der Waals surface area contributed by atoms with Crippen molar-refractivity contribution in [2.45, 2.75) is 31.5 Å². The lowest BCUT2D eigenvalue weighted by molar-refractivity contribution is -0.145. The van der Waals surface area contributed by atoms with E-state index in [2.05, 4.69) is 10.6 Å². The van der Waals surface area contributed by atoms with Gasteiger partial charge in [-0.25, -0.2) is 9.59 Å². The molecular formula is C27H27ClN2O5. The quantitative estimate of drug-likeness (QED) is 0.414. The van der Waals surface area contributed by atoms with E-state index in [-0.39, 0.29) is 19.4 Å². The maximum absolute atomic E-state index is 13.2. The van der Waals surface area contributed by atoms with Gasteiger partial charge < -0.3 is 20.1 Å². The predicted molar refractivity (Wildman–Crippen MR) is 133 cm³/mol. The van der Waals surface area contributed by atoms with E-state index in [1.54, 1.807) is 24.3 Å². The van der Waals surface area contributed by atoms with Crippen molar-refractivity contribution >= 4 is 29.6 Å². The van der Waals surface area contributed by atoms with Crippen molar-refractivity contribution in [2.24, 2.45) is 0 Å². The van der Waals surface area contributed by atoms with E-state index >= 15 is 0 Å². The molecule has 2 N–H and O–H groups in total. The van der Waals surface area contributed by atoms with Crippen molar-refractivity contribution in [1.29, 1.82) is 0 Å². The highest BCUT2D eigenvalue weighted by Crippen LogP contribution is 2.13. The Morgan fingerprint density at radius 1 is 0.771 bits per heavy atom. The van der Waals surface area contributed by atoms with Gasteiger partial charge in [0.2, 0.25) is 5.91 Å². The predicted octanol–water partition coefficient (Wildman–Crippen LogP) is 4.08. The second-order valence-electron chi connectivity index (χ2n) is 7.87. The Hall–Kier alpha value is -3.84. The number of hydrogen-bond acceptors (Lipinski definition) is 5. The Balaban J connectivity index is 1.71. The van der Waals surface area contributed by atoms with Gasteiger partial charge in [-0.05, 0) is 28.8 Å². The minimum Gasteiger partial charge on any atom is -0.467 e. The third-order valence-corrected chi connectivity index (χ3v) is 5.47. The highest BCUT2D eigenvalue weighted by molar-refractivity contribution is 6.30. The summed E-state index contributed by atoms with van der Waals surface area (Å²) in [6.45, 7) is 0.0614. The molecule has 0 aliphatic heterocycles. The highest BCUT2D eigenvalue weighted by Gasteiger charge is 2.28. The van der Waals surface area contributed by atoms with Crippen LogP contribution in [-0.4, -0.2) is 37.2 Å². The number of nitrogens with one attached hydrogen (secondary N) is 2. The molecule has 0 unspecified atom stereocenters. The maximum Gasteiger partial charge on any atom is 0.408 e. The molecule has 0 saturated carbocycles. The van der Waals surface area contributed by atoms with Gasteiger partial charge in [-0.3, -0.25) is 4.79 Å². The highest BCUT2D eigenvalue weighted by atomic mass is 35.5. The van der Waals surface area contributed by atoms with Gasteiger partial charge in [-0.15, -0.1) is 0 Å². The van der Waals surface area contributed by atoms with Crippen LogP contribution in [0, 0.1) is 0 Å². The van der Waals surface area contributed by atoms with Gasteiger partial charge >= 0.3 is 12.1 Å². The smallest absolute Gasteiger partial charge is 0.408 e. The Morgan fingerprint density at radius 2 is 1.37 bits per heavy atom. The van der Waals surface area contributed by atoms with Crippen molar-refractivity contribution in [3.05, 3.63) is 107 Å². The SMILES string of the molecule is COC(=O)[C@@H](Cc1cccc(Cl)c1)NC(=O)[C@H](Cc1ccccc1)NC(=O)OCc1ccccc1. The molecular weight excluding hydrogens is 468 g/mol. The van der Waals surface area contributed by atoms with Gasteiger partial charge in [-0.2, -0.15) is 0 Å². The fourth-order valence-electron chi connectivity index (χ4n) is 3.47. The first kappa shape index (κ1) is 25.8. The average Bonchev–Trinajstić information content (AvgIpc) is 2.87. The van der Waals surface area contributed by atoms with Crippen molar-refractivity contribution < 1.29 is 23.9 Å². The summed E-state index contributed by atoms with van der Waals surface area (Å²) >= 11 is 6.05. The summed E-state index contributed by atoms with van der Waals surface area (Å²) in [5, 5.41) is 5.85. The van der Waals surface area contributed by atoms with Gasteiger partial charge in [-0.1, -0.05) is 84.4 Å². The molecule has 3 rings (SSSR count). The van der Waals surface area contributed by atoms with Crippen LogP contribution in [0.4, 0.5) is 4.79 Å². The molecule has 0 radical (unpaired) electrons. The number of carbonyl (C=O) groups is 3. The summed E-state index contributed by atoms with van der Waals surface area (Å²) in [5.41, 5.74) is 2.41. The minimum atomic E-state index is -0.979. The Morgan fingerprint density at radius 3 is 2.00 bits per heavy atom. The molecule has 0 aliphatic carbocycles. The summed E-state index contributed by atoms with van der Waals surface area (Å²) in [6, 6.07) is 23.5. The van der Waals surface area contributed by atoms with E-state index in [1.807, 2.05) is 60.7 Å². The van der Waals surface area contributed by atoms with Crippen LogP contribution in [0.1, 0.15) is 16.7 Å². The lowest BCUT2D eigenvalue weighted by Gasteiger charge is -2.22. The van der Waals surface area contributed by atoms with E-state index in [9.17, 15) is 14.4 Å². The first-order valence-corrected chi connectivity index (χ1v) is 11.5. The molecule has 182 valence electrons. The topological polar surface area (TPSA) is 93.7 Å². The number of esters is 1. The number of hydrogen-bond donors (Lipinski definition) is 2. The molecule has 7 nitrogen and oxygen atoms in total. The standard InChI is InChI=1S/C27H27ClN2O5/c1-34-26(32)24(17-21-13-8-14-22(28)15-21)29-25(31)23(16-19-9-4-2-5-10-19)30-27(33)35-18-20-11-6-3-7-12-20/h2-15,23-24H,16-18H2,1H3,(H,29,31)(H,30,33)/t23-,24+/m0/s1. The Labute approximate surface area is 209 Å². The molecule has 35 heavy (non-hydrogen) atoms. The molecule has 3 aromatic carbocycles. The lowest BCUT2D eigenvalue weighted by atomic mass is 10.0. The summed E-state index contributed by atoms with van der Waals surface area (Å²) in [6.07, 6.45) is -0.359. The summed E-state index contributed by atoms with van der Waals surface area (Å²) in [4.78, 5) is 38.2. The van der Waals surface area contributed by atoms with Crippen LogP contribution < -0.4 is 10.6 Å². The second-order valence-corrected chi connectivity index (χ2v) is 8.30. The monoisotopic (exact) mass is 494 g/mol. The molecule has 0 fully saturated rings. The molecule has 0 bridgehead atoms. The number of alkyl carbamates (subject to hydrolysis) is 1. The number of ether oxygens (including phenoxy) is 2. The van der Waals surface area contributed by atoms with Crippen LogP contribution in [0.2, 0.25) is 5.02 Å². The minimum absolute atomic E-state index is 0.0614. The molecule has 3 aromatic rings. The Kier molecular flexibility index (Phi) is 9.69. The lowest BCUT2D eigenvalue weighted by Crippen LogP contribution is -2.53. The molecule has 0 saturated heterocycles. The van der Waals surface area contributed by atoms with E-state index in [0.29, 0.717) is 5.02 Å². The first-order chi connectivity index (χ1) is 16.9. The molecule has 8 heteroatoms. The van der Waals surface area contributed by atoms with Gasteiger partial charge in [0.15, 0.2) is 0 Å². The van der Waals surface area contributed by atoms with Crippen LogP contribution in [0.3, 0.4) is 0 Å². The zero-order valence-corrected chi connectivity index (χ0v) is 20.0. The summed E-state index contributed by atoms with van der Waals surface area (Å²) in [5.74, 6) is -1.15. The number of benzene rings is 3. The summed E-state index contributed by atoms with van der Waals surface area (Å²) in [7, 11) is 1.25. The molecule has 0 heterocycles. The average molecular weight is 495 g/mol. The van der Waals surface area contributed by atoms with Crippen LogP contribution in [0.15, 0.2) is 84.9 Å². The molecule has 2 atom stereocenters. The van der Waals surface area contributed by atoms with E-state index < -0.39 is 30.1 Å². The maximum atomic E-state index is 13.2. The van der Waals surface area contributed by atoms with Gasteiger partial charge in [0.25, 0.3) is 0 Å². The van der Waals surface area contributed by atoms with Crippen LogP contribution >= 0.6 is 11.6 Å². The number of halogens is 1. The Bertz CT molecular complexity index is 1120. The van der Waals surface area contributed by atoms with Gasteiger partial charge in [0.05, 0.1) is 7.11 Å².